The Hall–Kier alpha value is -0.120. The van der Waals surface area contributed by atoms with Gasteiger partial charge in [-0.15, -0.1) is 0 Å². The molecule has 0 radical (unpaired) electrons. The van der Waals surface area contributed by atoms with Crippen LogP contribution in [0.3, 0.4) is 0 Å². The molecule has 0 amide bonds. The maximum atomic E-state index is 5.63. The van der Waals surface area contributed by atoms with E-state index in [1.807, 2.05) is 0 Å². The summed E-state index contributed by atoms with van der Waals surface area (Å²) >= 11 is 0. The van der Waals surface area contributed by atoms with Crippen LogP contribution in [0.5, 0.6) is 0 Å². The Morgan fingerprint density at radius 3 is 2.72 bits per heavy atom. The second-order valence-corrected chi connectivity index (χ2v) is 6.00. The highest BCUT2D eigenvalue weighted by atomic mass is 16.5. The molecule has 3 nitrogen and oxygen atoms in total. The van der Waals surface area contributed by atoms with Gasteiger partial charge >= 0.3 is 0 Å². The molecule has 0 aromatic heterocycles. The molecule has 0 aromatic rings. The Morgan fingerprint density at radius 2 is 2.06 bits per heavy atom. The first-order valence-electron chi connectivity index (χ1n) is 7.87. The number of ether oxygens (including phenoxy) is 1. The minimum Gasteiger partial charge on any atom is -0.376 e. The predicted octanol–water partition coefficient (Wildman–Crippen LogP) is 2.27. The lowest BCUT2D eigenvalue weighted by Gasteiger charge is -2.38. The van der Waals surface area contributed by atoms with E-state index in [4.69, 9.17) is 4.74 Å². The minimum absolute atomic E-state index is 0.410. The SMILES string of the molecule is CCNC(CN1CCOC(C)C1)C1CCCCC1. The lowest BCUT2D eigenvalue weighted by molar-refractivity contribution is -0.0237. The van der Waals surface area contributed by atoms with E-state index in [2.05, 4.69) is 24.1 Å². The van der Waals surface area contributed by atoms with Gasteiger partial charge in [-0.25, -0.2) is 0 Å². The molecular weight excluding hydrogens is 224 g/mol. The Balaban J connectivity index is 1.84. The highest BCUT2D eigenvalue weighted by Crippen LogP contribution is 2.27. The third-order valence-corrected chi connectivity index (χ3v) is 4.47. The Morgan fingerprint density at radius 1 is 1.28 bits per heavy atom. The predicted molar refractivity (Wildman–Crippen MR) is 75.9 cm³/mol. The maximum Gasteiger partial charge on any atom is 0.0674 e. The van der Waals surface area contributed by atoms with Gasteiger partial charge in [-0.2, -0.15) is 0 Å². The van der Waals surface area contributed by atoms with E-state index in [0.717, 1.165) is 32.2 Å². The fourth-order valence-corrected chi connectivity index (χ4v) is 3.51. The largest absolute Gasteiger partial charge is 0.376 e. The standard InChI is InChI=1S/C15H30N2O/c1-3-16-15(14-7-5-4-6-8-14)12-17-9-10-18-13(2)11-17/h13-16H,3-12H2,1-2H3. The van der Waals surface area contributed by atoms with Crippen molar-refractivity contribution in [3.8, 4) is 0 Å². The van der Waals surface area contributed by atoms with Crippen molar-refractivity contribution in [2.45, 2.75) is 58.1 Å². The Labute approximate surface area is 112 Å². The summed E-state index contributed by atoms with van der Waals surface area (Å²) in [5.41, 5.74) is 0. The molecule has 1 aliphatic heterocycles. The van der Waals surface area contributed by atoms with Crippen LogP contribution in [0.4, 0.5) is 0 Å². The third kappa shape index (κ3) is 4.22. The normalized spacial score (nSPS) is 29.3. The van der Waals surface area contributed by atoms with Gasteiger partial charge in [-0.05, 0) is 32.2 Å². The first kappa shape index (κ1) is 14.3. The molecule has 2 aliphatic rings. The van der Waals surface area contributed by atoms with Gasteiger partial charge in [0.15, 0.2) is 0 Å². The van der Waals surface area contributed by atoms with E-state index < -0.39 is 0 Å². The van der Waals surface area contributed by atoms with Gasteiger partial charge in [0.2, 0.25) is 0 Å². The van der Waals surface area contributed by atoms with Gasteiger partial charge in [-0.3, -0.25) is 4.90 Å². The smallest absolute Gasteiger partial charge is 0.0674 e. The van der Waals surface area contributed by atoms with Gasteiger partial charge in [0.1, 0.15) is 0 Å². The second kappa shape index (κ2) is 7.46. The fourth-order valence-electron chi connectivity index (χ4n) is 3.51. The van der Waals surface area contributed by atoms with E-state index in [-0.39, 0.29) is 0 Å². The first-order valence-corrected chi connectivity index (χ1v) is 7.87. The zero-order valence-corrected chi connectivity index (χ0v) is 12.2. The minimum atomic E-state index is 0.410. The summed E-state index contributed by atoms with van der Waals surface area (Å²) in [5.74, 6) is 0.900. The van der Waals surface area contributed by atoms with Crippen LogP contribution in [0.15, 0.2) is 0 Å². The van der Waals surface area contributed by atoms with Crippen molar-refractivity contribution in [2.75, 3.05) is 32.8 Å². The molecule has 1 saturated carbocycles. The highest BCUT2D eigenvalue weighted by Gasteiger charge is 2.26. The van der Waals surface area contributed by atoms with Crippen LogP contribution in [0.25, 0.3) is 0 Å². The quantitative estimate of drug-likeness (QED) is 0.814. The van der Waals surface area contributed by atoms with Gasteiger partial charge in [0.05, 0.1) is 12.7 Å². The van der Waals surface area contributed by atoms with Crippen molar-refractivity contribution in [3.05, 3.63) is 0 Å². The van der Waals surface area contributed by atoms with Crippen molar-refractivity contribution in [1.82, 2.24) is 10.2 Å². The molecule has 18 heavy (non-hydrogen) atoms. The van der Waals surface area contributed by atoms with E-state index in [1.165, 1.54) is 38.6 Å². The molecule has 1 heterocycles. The number of likely N-dealkylation sites (N-methyl/N-ethyl adjacent to an activating group) is 1. The molecule has 3 heteroatoms. The molecular formula is C15H30N2O. The number of nitrogens with one attached hydrogen (secondary N) is 1. The van der Waals surface area contributed by atoms with Crippen molar-refractivity contribution >= 4 is 0 Å². The molecule has 2 rings (SSSR count). The van der Waals surface area contributed by atoms with Crippen molar-refractivity contribution in [3.63, 3.8) is 0 Å². The fraction of sp³-hybridized carbons (Fsp3) is 1.00. The lowest BCUT2D eigenvalue weighted by atomic mass is 9.83. The molecule has 0 bridgehead atoms. The van der Waals surface area contributed by atoms with Crippen LogP contribution in [0.2, 0.25) is 0 Å². The molecule has 2 fully saturated rings. The summed E-state index contributed by atoms with van der Waals surface area (Å²) in [4.78, 5) is 2.59. The molecule has 106 valence electrons. The van der Waals surface area contributed by atoms with Gasteiger partial charge < -0.3 is 10.1 Å². The average molecular weight is 254 g/mol. The van der Waals surface area contributed by atoms with E-state index in [1.54, 1.807) is 0 Å². The molecule has 2 atom stereocenters. The van der Waals surface area contributed by atoms with Crippen LogP contribution >= 0.6 is 0 Å². The number of morpholine rings is 1. The van der Waals surface area contributed by atoms with Crippen LogP contribution in [0, 0.1) is 5.92 Å². The van der Waals surface area contributed by atoms with E-state index in [0.29, 0.717) is 12.1 Å². The molecule has 2 unspecified atom stereocenters. The summed E-state index contributed by atoms with van der Waals surface area (Å²) in [6.45, 7) is 9.86. The Kier molecular flexibility index (Phi) is 5.93. The maximum absolute atomic E-state index is 5.63. The van der Waals surface area contributed by atoms with Gasteiger partial charge in [0, 0.05) is 25.7 Å². The number of hydrogen-bond donors (Lipinski definition) is 1. The number of hydrogen-bond acceptors (Lipinski definition) is 3. The molecule has 0 aromatic carbocycles. The molecule has 1 saturated heterocycles. The molecule has 1 N–H and O–H groups in total. The van der Waals surface area contributed by atoms with Crippen LogP contribution in [0.1, 0.15) is 46.0 Å². The van der Waals surface area contributed by atoms with E-state index >= 15 is 0 Å². The second-order valence-electron chi connectivity index (χ2n) is 6.00. The van der Waals surface area contributed by atoms with Crippen LogP contribution in [-0.2, 0) is 4.74 Å². The van der Waals surface area contributed by atoms with Crippen molar-refractivity contribution in [2.24, 2.45) is 5.92 Å². The number of rotatable bonds is 5. The Bertz CT molecular complexity index is 229. The summed E-state index contributed by atoms with van der Waals surface area (Å²) in [5, 5.41) is 3.73. The average Bonchev–Trinajstić information content (AvgIpc) is 2.39. The summed E-state index contributed by atoms with van der Waals surface area (Å²) in [7, 11) is 0. The van der Waals surface area contributed by atoms with Crippen molar-refractivity contribution < 1.29 is 4.74 Å². The zero-order chi connectivity index (χ0) is 12.8. The van der Waals surface area contributed by atoms with E-state index in [9.17, 15) is 0 Å². The summed E-state index contributed by atoms with van der Waals surface area (Å²) in [6, 6.07) is 0.695. The third-order valence-electron chi connectivity index (χ3n) is 4.47. The van der Waals surface area contributed by atoms with Crippen LogP contribution < -0.4 is 5.32 Å². The van der Waals surface area contributed by atoms with Gasteiger partial charge in [-0.1, -0.05) is 26.2 Å². The highest BCUT2D eigenvalue weighted by molar-refractivity contribution is 4.83. The summed E-state index contributed by atoms with van der Waals surface area (Å²) < 4.78 is 5.63. The van der Waals surface area contributed by atoms with Crippen LogP contribution in [-0.4, -0.2) is 49.8 Å². The first-order chi connectivity index (χ1) is 8.79. The monoisotopic (exact) mass is 254 g/mol. The van der Waals surface area contributed by atoms with Crippen molar-refractivity contribution in [1.29, 1.82) is 0 Å². The number of nitrogens with zero attached hydrogens (tertiary/aromatic N) is 1. The summed E-state index contributed by atoms with van der Waals surface area (Å²) in [6.07, 6.45) is 7.59. The zero-order valence-electron chi connectivity index (χ0n) is 12.2. The lowest BCUT2D eigenvalue weighted by Crippen LogP contribution is -2.50. The van der Waals surface area contributed by atoms with Gasteiger partial charge in [0.25, 0.3) is 0 Å². The molecule has 1 aliphatic carbocycles. The topological polar surface area (TPSA) is 24.5 Å². The molecule has 0 spiro atoms.